The highest BCUT2D eigenvalue weighted by atomic mass is 16.5. The molecule has 0 radical (unpaired) electrons. The lowest BCUT2D eigenvalue weighted by Crippen LogP contribution is -2.31. The van der Waals surface area contributed by atoms with E-state index in [2.05, 4.69) is 60.8 Å². The van der Waals surface area contributed by atoms with Crippen LogP contribution >= 0.6 is 0 Å². The van der Waals surface area contributed by atoms with Crippen molar-refractivity contribution in [2.75, 3.05) is 12.4 Å². The summed E-state index contributed by atoms with van der Waals surface area (Å²) in [5, 5.41) is 3.60. The van der Waals surface area contributed by atoms with Gasteiger partial charge in [-0.1, -0.05) is 42.5 Å². The highest BCUT2D eigenvalue weighted by Crippen LogP contribution is 2.35. The van der Waals surface area contributed by atoms with Crippen LogP contribution in [0.2, 0.25) is 0 Å². The van der Waals surface area contributed by atoms with E-state index in [-0.39, 0.29) is 5.54 Å². The first-order valence-electron chi connectivity index (χ1n) is 6.42. The molecular formula is C17H17NO. The fourth-order valence-electron chi connectivity index (χ4n) is 2.44. The first-order valence-corrected chi connectivity index (χ1v) is 6.42. The summed E-state index contributed by atoms with van der Waals surface area (Å²) in [6.07, 6.45) is 4.38. The molecule has 96 valence electrons. The second-order valence-corrected chi connectivity index (χ2v) is 4.98. The van der Waals surface area contributed by atoms with E-state index in [1.165, 1.54) is 16.8 Å². The molecule has 0 saturated heterocycles. The summed E-state index contributed by atoms with van der Waals surface area (Å²) in [6, 6.07) is 16.5. The molecule has 1 aliphatic heterocycles. The number of rotatable bonds is 2. The van der Waals surface area contributed by atoms with Crippen molar-refractivity contribution in [3.05, 3.63) is 65.7 Å². The Balaban J connectivity index is 1.97. The Bertz CT molecular complexity index is 615. The molecule has 0 bridgehead atoms. The zero-order valence-electron chi connectivity index (χ0n) is 11.2. The van der Waals surface area contributed by atoms with E-state index in [0.29, 0.717) is 0 Å². The van der Waals surface area contributed by atoms with Crippen molar-refractivity contribution in [2.24, 2.45) is 0 Å². The SMILES string of the molecule is COc1ccc(C2(C)C=Cc3ccccc3N2)cc1. The lowest BCUT2D eigenvalue weighted by molar-refractivity contribution is 0.414. The van der Waals surface area contributed by atoms with Crippen LogP contribution in [0.4, 0.5) is 5.69 Å². The maximum absolute atomic E-state index is 5.21. The van der Waals surface area contributed by atoms with Crippen LogP contribution in [0, 0.1) is 0 Å². The van der Waals surface area contributed by atoms with Crippen molar-refractivity contribution in [3.8, 4) is 5.75 Å². The van der Waals surface area contributed by atoms with Crippen molar-refractivity contribution in [2.45, 2.75) is 12.5 Å². The molecule has 19 heavy (non-hydrogen) atoms. The molecule has 2 aromatic carbocycles. The van der Waals surface area contributed by atoms with Gasteiger partial charge in [-0.2, -0.15) is 0 Å². The van der Waals surface area contributed by atoms with Gasteiger partial charge >= 0.3 is 0 Å². The van der Waals surface area contributed by atoms with Crippen LogP contribution in [0.5, 0.6) is 5.75 Å². The number of methoxy groups -OCH3 is 1. The van der Waals surface area contributed by atoms with Crippen molar-refractivity contribution in [1.29, 1.82) is 0 Å². The lowest BCUT2D eigenvalue weighted by atomic mass is 9.87. The molecule has 1 atom stereocenters. The Morgan fingerprint density at radius 3 is 2.47 bits per heavy atom. The van der Waals surface area contributed by atoms with E-state index < -0.39 is 0 Å². The van der Waals surface area contributed by atoms with Gasteiger partial charge in [0.25, 0.3) is 0 Å². The van der Waals surface area contributed by atoms with Gasteiger partial charge in [-0.05, 0) is 36.2 Å². The molecule has 1 N–H and O–H groups in total. The minimum absolute atomic E-state index is 0.180. The topological polar surface area (TPSA) is 21.3 Å². The van der Waals surface area contributed by atoms with Crippen LogP contribution in [0.1, 0.15) is 18.1 Å². The molecule has 0 amide bonds. The van der Waals surface area contributed by atoms with Gasteiger partial charge < -0.3 is 10.1 Å². The van der Waals surface area contributed by atoms with Crippen molar-refractivity contribution < 1.29 is 4.74 Å². The number of hydrogen-bond donors (Lipinski definition) is 1. The highest BCUT2D eigenvalue weighted by molar-refractivity contribution is 5.73. The Morgan fingerprint density at radius 1 is 1.00 bits per heavy atom. The zero-order valence-corrected chi connectivity index (χ0v) is 11.2. The Kier molecular flexibility index (Phi) is 2.79. The molecule has 2 heteroatoms. The van der Waals surface area contributed by atoms with Crippen LogP contribution in [-0.2, 0) is 5.54 Å². The van der Waals surface area contributed by atoms with Gasteiger partial charge in [0, 0.05) is 5.69 Å². The molecule has 0 aromatic heterocycles. The third-order valence-electron chi connectivity index (χ3n) is 3.64. The van der Waals surface area contributed by atoms with Gasteiger partial charge in [0.2, 0.25) is 0 Å². The third kappa shape index (κ3) is 2.10. The first kappa shape index (κ1) is 11.8. The van der Waals surface area contributed by atoms with Crippen molar-refractivity contribution in [3.63, 3.8) is 0 Å². The van der Waals surface area contributed by atoms with Gasteiger partial charge in [-0.3, -0.25) is 0 Å². The Morgan fingerprint density at radius 2 is 1.74 bits per heavy atom. The maximum atomic E-state index is 5.21. The molecule has 2 nitrogen and oxygen atoms in total. The van der Waals surface area contributed by atoms with E-state index in [1.54, 1.807) is 7.11 Å². The average molecular weight is 251 g/mol. The normalized spacial score (nSPS) is 20.5. The van der Waals surface area contributed by atoms with Crippen LogP contribution in [-0.4, -0.2) is 7.11 Å². The quantitative estimate of drug-likeness (QED) is 0.869. The molecule has 0 fully saturated rings. The minimum Gasteiger partial charge on any atom is -0.497 e. The fraction of sp³-hybridized carbons (Fsp3) is 0.176. The summed E-state index contributed by atoms with van der Waals surface area (Å²) in [5.41, 5.74) is 3.44. The summed E-state index contributed by atoms with van der Waals surface area (Å²) < 4.78 is 5.21. The van der Waals surface area contributed by atoms with E-state index in [1.807, 2.05) is 12.1 Å². The number of benzene rings is 2. The molecular weight excluding hydrogens is 234 g/mol. The maximum Gasteiger partial charge on any atom is 0.118 e. The van der Waals surface area contributed by atoms with Gasteiger partial charge in [-0.15, -0.1) is 0 Å². The third-order valence-corrected chi connectivity index (χ3v) is 3.64. The predicted octanol–water partition coefficient (Wildman–Crippen LogP) is 4.05. The molecule has 2 aromatic rings. The van der Waals surface area contributed by atoms with Gasteiger partial charge in [0.05, 0.1) is 12.6 Å². The smallest absolute Gasteiger partial charge is 0.118 e. The molecule has 0 spiro atoms. The van der Waals surface area contributed by atoms with Gasteiger partial charge in [0.15, 0.2) is 0 Å². The summed E-state index contributed by atoms with van der Waals surface area (Å²) in [5.74, 6) is 0.882. The number of fused-ring (bicyclic) bond motifs is 1. The van der Waals surface area contributed by atoms with Gasteiger partial charge in [-0.25, -0.2) is 0 Å². The van der Waals surface area contributed by atoms with Crippen LogP contribution in [0.3, 0.4) is 0 Å². The van der Waals surface area contributed by atoms with E-state index in [4.69, 9.17) is 4.74 Å². The standard InChI is InChI=1S/C17H17NO/c1-17(14-7-9-15(19-2)10-8-14)12-11-13-5-3-4-6-16(13)18-17/h3-12,18H,1-2H3. The molecule has 1 unspecified atom stereocenters. The monoisotopic (exact) mass is 251 g/mol. The van der Waals surface area contributed by atoms with E-state index in [0.717, 1.165) is 5.75 Å². The molecule has 1 aliphatic rings. The molecule has 3 rings (SSSR count). The summed E-state index contributed by atoms with van der Waals surface area (Å²) in [7, 11) is 1.69. The second kappa shape index (κ2) is 4.47. The van der Waals surface area contributed by atoms with Crippen LogP contribution in [0.25, 0.3) is 6.08 Å². The molecule has 1 heterocycles. The van der Waals surface area contributed by atoms with E-state index in [9.17, 15) is 0 Å². The summed E-state index contributed by atoms with van der Waals surface area (Å²) >= 11 is 0. The number of hydrogen-bond acceptors (Lipinski definition) is 2. The number of anilines is 1. The largest absolute Gasteiger partial charge is 0.497 e. The minimum atomic E-state index is -0.180. The van der Waals surface area contributed by atoms with Gasteiger partial charge in [0.1, 0.15) is 5.75 Å². The number of ether oxygens (including phenoxy) is 1. The zero-order chi connectivity index (χ0) is 13.3. The number of nitrogens with one attached hydrogen (secondary N) is 1. The fourth-order valence-corrected chi connectivity index (χ4v) is 2.44. The summed E-state index contributed by atoms with van der Waals surface area (Å²) in [6.45, 7) is 2.18. The van der Waals surface area contributed by atoms with Crippen LogP contribution < -0.4 is 10.1 Å². The van der Waals surface area contributed by atoms with Crippen molar-refractivity contribution >= 4 is 11.8 Å². The predicted molar refractivity (Wildman–Crippen MR) is 79.4 cm³/mol. The average Bonchev–Trinajstić information content (AvgIpc) is 2.47. The first-order chi connectivity index (χ1) is 9.21. The molecule has 0 saturated carbocycles. The second-order valence-electron chi connectivity index (χ2n) is 4.98. The molecule has 0 aliphatic carbocycles. The Hall–Kier alpha value is -2.22. The van der Waals surface area contributed by atoms with E-state index >= 15 is 0 Å². The van der Waals surface area contributed by atoms with Crippen molar-refractivity contribution in [1.82, 2.24) is 0 Å². The highest BCUT2D eigenvalue weighted by Gasteiger charge is 2.26. The lowest BCUT2D eigenvalue weighted by Gasteiger charge is -2.33. The number of para-hydroxylation sites is 1. The summed E-state index contributed by atoms with van der Waals surface area (Å²) in [4.78, 5) is 0. The van der Waals surface area contributed by atoms with Crippen LogP contribution in [0.15, 0.2) is 54.6 Å². The Labute approximate surface area is 113 Å².